The first-order chi connectivity index (χ1) is 18.2. The SMILES string of the molecule is CCCCc1nc(C(=O)CCC)nn1Cc1ccc(-n2c(-c3ccccc3)ccc2-c2nn[nH]n2)cc1. The number of benzene rings is 2. The van der Waals surface area contributed by atoms with Gasteiger partial charge in [0, 0.05) is 18.5 Å². The van der Waals surface area contributed by atoms with Gasteiger partial charge in [0.1, 0.15) is 5.82 Å². The van der Waals surface area contributed by atoms with E-state index in [1.54, 1.807) is 0 Å². The maximum atomic E-state index is 12.4. The smallest absolute Gasteiger partial charge is 0.221 e. The van der Waals surface area contributed by atoms with Crippen LogP contribution in [0.15, 0.2) is 66.7 Å². The molecule has 0 saturated heterocycles. The third kappa shape index (κ3) is 5.25. The molecule has 0 spiro atoms. The summed E-state index contributed by atoms with van der Waals surface area (Å²) >= 11 is 0. The summed E-state index contributed by atoms with van der Waals surface area (Å²) in [6, 6.07) is 22.6. The van der Waals surface area contributed by atoms with Crippen LogP contribution in [0.1, 0.15) is 61.5 Å². The van der Waals surface area contributed by atoms with Crippen molar-refractivity contribution in [2.24, 2.45) is 0 Å². The van der Waals surface area contributed by atoms with Crippen molar-refractivity contribution >= 4 is 5.78 Å². The predicted molar refractivity (Wildman–Crippen MR) is 141 cm³/mol. The van der Waals surface area contributed by atoms with E-state index < -0.39 is 0 Å². The molecular weight excluding hydrogens is 464 g/mol. The maximum Gasteiger partial charge on any atom is 0.221 e. The van der Waals surface area contributed by atoms with Crippen LogP contribution >= 0.6 is 0 Å². The number of aromatic amines is 1. The highest BCUT2D eigenvalue weighted by molar-refractivity contribution is 5.92. The summed E-state index contributed by atoms with van der Waals surface area (Å²) in [7, 11) is 0. The van der Waals surface area contributed by atoms with Gasteiger partial charge in [0.15, 0.2) is 0 Å². The molecule has 0 aliphatic rings. The number of carbonyl (C=O) groups is 1. The van der Waals surface area contributed by atoms with Crippen molar-refractivity contribution in [1.82, 2.24) is 40.0 Å². The average Bonchev–Trinajstić information content (AvgIpc) is 3.68. The van der Waals surface area contributed by atoms with Crippen molar-refractivity contribution < 1.29 is 4.79 Å². The number of nitrogens with zero attached hydrogens (tertiary/aromatic N) is 7. The molecule has 0 radical (unpaired) electrons. The van der Waals surface area contributed by atoms with Crippen LogP contribution in [0.25, 0.3) is 28.5 Å². The van der Waals surface area contributed by atoms with E-state index in [-0.39, 0.29) is 5.78 Å². The molecule has 3 heterocycles. The van der Waals surface area contributed by atoms with Crippen molar-refractivity contribution in [2.75, 3.05) is 0 Å². The molecule has 0 unspecified atom stereocenters. The Balaban J connectivity index is 1.47. The monoisotopic (exact) mass is 494 g/mol. The number of carbonyl (C=O) groups excluding carboxylic acids is 1. The van der Waals surface area contributed by atoms with Gasteiger partial charge < -0.3 is 4.57 Å². The largest absolute Gasteiger partial charge is 0.306 e. The van der Waals surface area contributed by atoms with Gasteiger partial charge >= 0.3 is 0 Å². The molecule has 37 heavy (non-hydrogen) atoms. The highest BCUT2D eigenvalue weighted by Gasteiger charge is 2.18. The molecule has 188 valence electrons. The fourth-order valence-electron chi connectivity index (χ4n) is 4.40. The van der Waals surface area contributed by atoms with Gasteiger partial charge in [-0.25, -0.2) is 9.67 Å². The number of H-pyrrole nitrogens is 1. The Morgan fingerprint density at radius 2 is 1.70 bits per heavy atom. The van der Waals surface area contributed by atoms with Gasteiger partial charge in [0.05, 0.1) is 17.9 Å². The molecule has 0 aliphatic carbocycles. The van der Waals surface area contributed by atoms with E-state index in [4.69, 9.17) is 0 Å². The first-order valence-corrected chi connectivity index (χ1v) is 12.7. The third-order valence-electron chi connectivity index (χ3n) is 6.28. The second kappa shape index (κ2) is 11.1. The molecule has 5 rings (SSSR count). The lowest BCUT2D eigenvalue weighted by molar-refractivity contribution is 0.0971. The molecule has 3 aromatic heterocycles. The fraction of sp³-hybridized carbons (Fsp3) is 0.286. The first kappa shape index (κ1) is 24.3. The van der Waals surface area contributed by atoms with Crippen LogP contribution in [0, 0.1) is 0 Å². The number of ketones is 1. The van der Waals surface area contributed by atoms with Gasteiger partial charge in [-0.15, -0.1) is 15.3 Å². The van der Waals surface area contributed by atoms with Crippen LogP contribution in [0.5, 0.6) is 0 Å². The predicted octanol–water partition coefficient (Wildman–Crippen LogP) is 5.29. The van der Waals surface area contributed by atoms with Crippen LogP contribution < -0.4 is 0 Å². The Bertz CT molecular complexity index is 1450. The van der Waals surface area contributed by atoms with Crippen LogP contribution in [0.4, 0.5) is 0 Å². The summed E-state index contributed by atoms with van der Waals surface area (Å²) in [4.78, 5) is 17.0. The number of aromatic nitrogens is 8. The van der Waals surface area contributed by atoms with E-state index in [0.29, 0.717) is 24.6 Å². The van der Waals surface area contributed by atoms with Crippen LogP contribution in [-0.4, -0.2) is 45.7 Å². The minimum atomic E-state index is 0.00407. The molecule has 1 N–H and O–H groups in total. The Hall–Kier alpha value is -4.40. The molecule has 0 amide bonds. The normalized spacial score (nSPS) is 11.2. The molecule has 9 heteroatoms. The number of Topliss-reactive ketones (excluding diaryl/α,β-unsaturated/α-hetero) is 1. The zero-order chi connectivity index (χ0) is 25.6. The number of rotatable bonds is 11. The number of hydrogen-bond acceptors (Lipinski definition) is 6. The zero-order valence-corrected chi connectivity index (χ0v) is 21.1. The van der Waals surface area contributed by atoms with Crippen molar-refractivity contribution in [2.45, 2.75) is 52.5 Å². The molecule has 0 atom stereocenters. The van der Waals surface area contributed by atoms with Crippen LogP contribution in [0.2, 0.25) is 0 Å². The number of unbranched alkanes of at least 4 members (excludes halogenated alkanes) is 1. The second-order valence-corrected chi connectivity index (χ2v) is 8.99. The minimum absolute atomic E-state index is 0.00407. The quantitative estimate of drug-likeness (QED) is 0.250. The van der Waals surface area contributed by atoms with Gasteiger partial charge in [-0.2, -0.15) is 5.21 Å². The summed E-state index contributed by atoms with van der Waals surface area (Å²) in [5.74, 6) is 1.72. The van der Waals surface area contributed by atoms with Gasteiger partial charge in [0.25, 0.3) is 0 Å². The van der Waals surface area contributed by atoms with E-state index in [9.17, 15) is 4.79 Å². The average molecular weight is 495 g/mol. The summed E-state index contributed by atoms with van der Waals surface area (Å²) in [6.07, 6.45) is 4.13. The lowest BCUT2D eigenvalue weighted by atomic mass is 10.1. The number of nitrogens with one attached hydrogen (secondary N) is 1. The first-order valence-electron chi connectivity index (χ1n) is 12.7. The van der Waals surface area contributed by atoms with E-state index in [2.05, 4.69) is 84.7 Å². The van der Waals surface area contributed by atoms with Crippen molar-refractivity contribution in [3.05, 3.63) is 83.9 Å². The van der Waals surface area contributed by atoms with Crippen LogP contribution in [-0.2, 0) is 13.0 Å². The van der Waals surface area contributed by atoms with Crippen LogP contribution in [0.3, 0.4) is 0 Å². The van der Waals surface area contributed by atoms with Gasteiger partial charge in [-0.05, 0) is 53.4 Å². The summed E-state index contributed by atoms with van der Waals surface area (Å²) in [5.41, 5.74) is 5.03. The molecule has 9 nitrogen and oxygen atoms in total. The van der Waals surface area contributed by atoms with Gasteiger partial charge in [0.2, 0.25) is 17.4 Å². The fourth-order valence-corrected chi connectivity index (χ4v) is 4.40. The second-order valence-electron chi connectivity index (χ2n) is 8.99. The lowest BCUT2D eigenvalue weighted by Crippen LogP contribution is -2.08. The Kier molecular flexibility index (Phi) is 7.30. The maximum absolute atomic E-state index is 12.4. The molecule has 0 fully saturated rings. The summed E-state index contributed by atoms with van der Waals surface area (Å²) < 4.78 is 4.01. The number of aryl methyl sites for hydroxylation is 1. The van der Waals surface area contributed by atoms with E-state index in [1.165, 1.54) is 0 Å². The minimum Gasteiger partial charge on any atom is -0.306 e. The van der Waals surface area contributed by atoms with Crippen molar-refractivity contribution in [3.63, 3.8) is 0 Å². The van der Waals surface area contributed by atoms with E-state index >= 15 is 0 Å². The number of tetrazole rings is 1. The molecule has 0 bridgehead atoms. The highest BCUT2D eigenvalue weighted by Crippen LogP contribution is 2.30. The molecular formula is C28H30N8O. The number of hydrogen-bond donors (Lipinski definition) is 1. The summed E-state index contributed by atoms with van der Waals surface area (Å²) in [6.45, 7) is 4.70. The highest BCUT2D eigenvalue weighted by atomic mass is 16.1. The molecule has 0 saturated carbocycles. The van der Waals surface area contributed by atoms with Crippen molar-refractivity contribution in [3.8, 4) is 28.5 Å². The van der Waals surface area contributed by atoms with Gasteiger partial charge in [-0.3, -0.25) is 4.79 Å². The molecule has 0 aliphatic heterocycles. The molecule has 5 aromatic rings. The Morgan fingerprint density at radius 3 is 2.41 bits per heavy atom. The summed E-state index contributed by atoms with van der Waals surface area (Å²) in [5, 5.41) is 19.3. The molecule has 2 aromatic carbocycles. The van der Waals surface area contributed by atoms with E-state index in [1.807, 2.05) is 35.9 Å². The van der Waals surface area contributed by atoms with Gasteiger partial charge in [-0.1, -0.05) is 62.7 Å². The Morgan fingerprint density at radius 1 is 0.919 bits per heavy atom. The van der Waals surface area contributed by atoms with Crippen molar-refractivity contribution in [1.29, 1.82) is 0 Å². The Labute approximate surface area is 215 Å². The standard InChI is InChI=1S/C28H30N8O/c1-3-5-12-26-29-28(25(37)9-4-2)32-35(26)19-20-13-15-22(16-14-20)36-23(21-10-7-6-8-11-21)17-18-24(36)27-30-33-34-31-27/h6-8,10-11,13-18H,3-5,9,12,19H2,1-2H3,(H,30,31,33,34). The zero-order valence-electron chi connectivity index (χ0n) is 21.1. The topological polar surface area (TPSA) is 107 Å². The van der Waals surface area contributed by atoms with E-state index in [0.717, 1.165) is 59.7 Å². The third-order valence-corrected chi connectivity index (χ3v) is 6.28. The lowest BCUT2D eigenvalue weighted by Gasteiger charge is -2.13.